The number of carbonyl (C=O) groups excluding carboxylic acids is 2. The molecule has 19 heavy (non-hydrogen) atoms. The van der Waals surface area contributed by atoms with E-state index in [9.17, 15) is 9.59 Å². The minimum Gasteiger partial charge on any atom is -0.356 e. The third-order valence-electron chi connectivity index (χ3n) is 2.64. The van der Waals surface area contributed by atoms with Gasteiger partial charge in [-0.2, -0.15) is 0 Å². The van der Waals surface area contributed by atoms with Gasteiger partial charge in [-0.15, -0.1) is 0 Å². The summed E-state index contributed by atoms with van der Waals surface area (Å²) in [4.78, 5) is 26.8. The highest BCUT2D eigenvalue weighted by Gasteiger charge is 2.03. The van der Waals surface area contributed by atoms with Crippen LogP contribution in [0.25, 0.3) is 0 Å². The number of nitrogens with zero attached hydrogens (tertiary/aromatic N) is 1. The number of aromatic nitrogens is 1. The fourth-order valence-corrected chi connectivity index (χ4v) is 1.53. The number of nitrogens with one attached hydrogen (secondary N) is 2. The molecule has 0 saturated heterocycles. The Balaban J connectivity index is 2.10. The predicted octanol–water partition coefficient (Wildman–Crippen LogP) is 1.39. The third kappa shape index (κ3) is 7.18. The van der Waals surface area contributed by atoms with Crippen molar-refractivity contribution in [3.8, 4) is 0 Å². The van der Waals surface area contributed by atoms with E-state index < -0.39 is 0 Å². The maximum absolute atomic E-state index is 11.5. The van der Waals surface area contributed by atoms with Crippen molar-refractivity contribution in [3.05, 3.63) is 30.1 Å². The maximum Gasteiger partial charge on any atom is 0.222 e. The van der Waals surface area contributed by atoms with E-state index in [1.54, 1.807) is 12.4 Å². The highest BCUT2D eigenvalue weighted by molar-refractivity contribution is 5.78. The maximum atomic E-state index is 11.5. The zero-order chi connectivity index (χ0) is 13.9. The number of pyridine rings is 1. The Labute approximate surface area is 113 Å². The van der Waals surface area contributed by atoms with Crippen LogP contribution in [0, 0.1) is 0 Å². The topological polar surface area (TPSA) is 71.1 Å². The Morgan fingerprint density at radius 3 is 2.68 bits per heavy atom. The minimum absolute atomic E-state index is 0.0157. The first-order valence-corrected chi connectivity index (χ1v) is 6.64. The summed E-state index contributed by atoms with van der Waals surface area (Å²) in [6.07, 6.45) is 6.13. The van der Waals surface area contributed by atoms with E-state index in [0.717, 1.165) is 18.4 Å². The standard InChI is InChI=1S/C14H21N3O2/c1-2-3-6-13(18)16-9-7-14(19)17-11-12-5-4-8-15-10-12/h4-5,8,10H,2-3,6-7,9,11H2,1H3,(H,16,18)(H,17,19). The molecular formula is C14H21N3O2. The Bertz CT molecular complexity index is 393. The van der Waals surface area contributed by atoms with Crippen LogP contribution in [0.15, 0.2) is 24.5 Å². The van der Waals surface area contributed by atoms with Crippen molar-refractivity contribution >= 4 is 11.8 Å². The van der Waals surface area contributed by atoms with E-state index in [4.69, 9.17) is 0 Å². The summed E-state index contributed by atoms with van der Waals surface area (Å²) in [6, 6.07) is 3.73. The second-order valence-electron chi connectivity index (χ2n) is 4.34. The van der Waals surface area contributed by atoms with Gasteiger partial charge in [0, 0.05) is 38.3 Å². The van der Waals surface area contributed by atoms with Crippen LogP contribution in [-0.4, -0.2) is 23.3 Å². The highest BCUT2D eigenvalue weighted by Crippen LogP contribution is 1.95. The first-order valence-electron chi connectivity index (χ1n) is 6.64. The van der Waals surface area contributed by atoms with E-state index in [-0.39, 0.29) is 11.8 Å². The van der Waals surface area contributed by atoms with Gasteiger partial charge in [0.1, 0.15) is 0 Å². The molecular weight excluding hydrogens is 242 g/mol. The van der Waals surface area contributed by atoms with Gasteiger partial charge in [0.15, 0.2) is 0 Å². The molecule has 1 heterocycles. The Kier molecular flexibility index (Phi) is 7.24. The molecule has 0 fully saturated rings. The molecule has 1 aromatic heterocycles. The minimum atomic E-state index is -0.0698. The highest BCUT2D eigenvalue weighted by atomic mass is 16.2. The summed E-state index contributed by atoms with van der Waals surface area (Å²) < 4.78 is 0. The molecule has 0 saturated carbocycles. The number of unbranched alkanes of at least 4 members (excludes halogenated alkanes) is 1. The number of hydrogen-bond donors (Lipinski definition) is 2. The number of hydrogen-bond acceptors (Lipinski definition) is 3. The van der Waals surface area contributed by atoms with Crippen LogP contribution < -0.4 is 10.6 Å². The van der Waals surface area contributed by atoms with Gasteiger partial charge in [0.2, 0.25) is 11.8 Å². The number of amides is 2. The molecule has 104 valence electrons. The van der Waals surface area contributed by atoms with E-state index in [2.05, 4.69) is 15.6 Å². The molecule has 5 nitrogen and oxygen atoms in total. The monoisotopic (exact) mass is 263 g/mol. The molecule has 2 N–H and O–H groups in total. The van der Waals surface area contributed by atoms with Crippen LogP contribution in [-0.2, 0) is 16.1 Å². The molecule has 0 aliphatic rings. The van der Waals surface area contributed by atoms with Crippen molar-refractivity contribution in [1.82, 2.24) is 15.6 Å². The molecule has 2 amide bonds. The molecule has 0 radical (unpaired) electrons. The van der Waals surface area contributed by atoms with Crippen molar-refractivity contribution in [2.24, 2.45) is 0 Å². The fourth-order valence-electron chi connectivity index (χ4n) is 1.53. The summed E-state index contributed by atoms with van der Waals surface area (Å²) in [5, 5.41) is 5.52. The molecule has 0 aliphatic heterocycles. The summed E-state index contributed by atoms with van der Waals surface area (Å²) >= 11 is 0. The Hall–Kier alpha value is -1.91. The largest absolute Gasteiger partial charge is 0.356 e. The van der Waals surface area contributed by atoms with E-state index in [1.807, 2.05) is 19.1 Å². The lowest BCUT2D eigenvalue weighted by atomic mass is 10.2. The summed E-state index contributed by atoms with van der Waals surface area (Å²) in [5.74, 6) is -0.0541. The van der Waals surface area contributed by atoms with E-state index in [1.165, 1.54) is 0 Å². The zero-order valence-electron chi connectivity index (χ0n) is 11.3. The predicted molar refractivity (Wildman–Crippen MR) is 73.2 cm³/mol. The number of rotatable bonds is 8. The van der Waals surface area contributed by atoms with Crippen molar-refractivity contribution < 1.29 is 9.59 Å². The van der Waals surface area contributed by atoms with Gasteiger partial charge in [-0.1, -0.05) is 19.4 Å². The first kappa shape index (κ1) is 15.1. The van der Waals surface area contributed by atoms with E-state index in [0.29, 0.717) is 25.9 Å². The molecule has 0 aliphatic carbocycles. The SMILES string of the molecule is CCCCC(=O)NCCC(=O)NCc1cccnc1. The van der Waals surface area contributed by atoms with Crippen molar-refractivity contribution in [3.63, 3.8) is 0 Å². The van der Waals surface area contributed by atoms with Crippen molar-refractivity contribution in [1.29, 1.82) is 0 Å². The second-order valence-corrected chi connectivity index (χ2v) is 4.34. The molecule has 0 bridgehead atoms. The van der Waals surface area contributed by atoms with Crippen LogP contribution in [0.4, 0.5) is 0 Å². The average Bonchev–Trinajstić information content (AvgIpc) is 2.44. The lowest BCUT2D eigenvalue weighted by molar-refractivity contribution is -0.122. The molecule has 0 atom stereocenters. The smallest absolute Gasteiger partial charge is 0.222 e. The van der Waals surface area contributed by atoms with Crippen LogP contribution in [0.2, 0.25) is 0 Å². The van der Waals surface area contributed by atoms with Crippen molar-refractivity contribution in [2.75, 3.05) is 6.54 Å². The zero-order valence-corrected chi connectivity index (χ0v) is 11.3. The lowest BCUT2D eigenvalue weighted by Gasteiger charge is -2.06. The van der Waals surface area contributed by atoms with Crippen LogP contribution >= 0.6 is 0 Å². The van der Waals surface area contributed by atoms with Crippen LogP contribution in [0.5, 0.6) is 0 Å². The van der Waals surface area contributed by atoms with Crippen molar-refractivity contribution in [2.45, 2.75) is 39.2 Å². The average molecular weight is 263 g/mol. The van der Waals surface area contributed by atoms with Gasteiger partial charge < -0.3 is 10.6 Å². The summed E-state index contributed by atoms with van der Waals surface area (Å²) in [5.41, 5.74) is 0.961. The fraction of sp³-hybridized carbons (Fsp3) is 0.500. The molecule has 0 unspecified atom stereocenters. The third-order valence-corrected chi connectivity index (χ3v) is 2.64. The molecule has 5 heteroatoms. The molecule has 1 rings (SSSR count). The normalized spacial score (nSPS) is 9.95. The Morgan fingerprint density at radius 2 is 2.00 bits per heavy atom. The molecule has 0 aromatic carbocycles. The second kappa shape index (κ2) is 9.08. The summed E-state index contributed by atoms with van der Waals surface area (Å²) in [7, 11) is 0. The lowest BCUT2D eigenvalue weighted by Crippen LogP contribution is -2.30. The van der Waals surface area contributed by atoms with Gasteiger partial charge in [-0.25, -0.2) is 0 Å². The van der Waals surface area contributed by atoms with Gasteiger partial charge in [-0.05, 0) is 18.1 Å². The van der Waals surface area contributed by atoms with Crippen LogP contribution in [0.3, 0.4) is 0 Å². The van der Waals surface area contributed by atoms with E-state index >= 15 is 0 Å². The molecule has 0 spiro atoms. The van der Waals surface area contributed by atoms with Gasteiger partial charge in [0.25, 0.3) is 0 Å². The molecule has 1 aromatic rings. The number of carbonyl (C=O) groups is 2. The summed E-state index contributed by atoms with van der Waals surface area (Å²) in [6.45, 7) is 2.90. The van der Waals surface area contributed by atoms with Gasteiger partial charge >= 0.3 is 0 Å². The van der Waals surface area contributed by atoms with Crippen LogP contribution in [0.1, 0.15) is 38.2 Å². The quantitative estimate of drug-likeness (QED) is 0.744. The Morgan fingerprint density at radius 1 is 1.21 bits per heavy atom. The van der Waals surface area contributed by atoms with Gasteiger partial charge in [-0.3, -0.25) is 14.6 Å². The first-order chi connectivity index (χ1) is 9.22. The van der Waals surface area contributed by atoms with Gasteiger partial charge in [0.05, 0.1) is 0 Å².